The molecule has 0 spiro atoms. The summed E-state index contributed by atoms with van der Waals surface area (Å²) in [5.41, 5.74) is 6.92. The lowest BCUT2D eigenvalue weighted by Crippen LogP contribution is -2.30. The first-order chi connectivity index (χ1) is 15.3. The number of nitrogens with zero attached hydrogens (tertiary/aromatic N) is 2. The molecule has 1 saturated heterocycles. The van der Waals surface area contributed by atoms with Gasteiger partial charge in [-0.15, -0.1) is 0 Å². The Hall–Kier alpha value is -3.67. The van der Waals surface area contributed by atoms with Crippen LogP contribution in [0, 0.1) is 26.6 Å². The summed E-state index contributed by atoms with van der Waals surface area (Å²) in [5.74, 6) is -0.910. The maximum absolute atomic E-state index is 14.0. The third-order valence-corrected chi connectivity index (χ3v) is 5.94. The Kier molecular flexibility index (Phi) is 5.70. The third-order valence-electron chi connectivity index (χ3n) is 5.94. The molecule has 32 heavy (non-hydrogen) atoms. The quantitative estimate of drug-likeness (QED) is 0.446. The standard InChI is InChI=1S/C26H26FN3O2/c1-5-19-11-8-9-16(2)24(19)30-17(3)13-21(18(30)4)14-23-25(31)29(26(32)28-23)15-20-10-6-7-12-22(20)27/h6-14H,5,15H2,1-4H3,(H,28,32)/b23-14-. The molecule has 6 heteroatoms. The van der Waals surface area contributed by atoms with Crippen molar-refractivity contribution in [3.05, 3.63) is 93.7 Å². The molecule has 1 aliphatic rings. The van der Waals surface area contributed by atoms with E-state index in [9.17, 15) is 14.0 Å². The Labute approximate surface area is 187 Å². The topological polar surface area (TPSA) is 54.3 Å². The summed E-state index contributed by atoms with van der Waals surface area (Å²) >= 11 is 0. The van der Waals surface area contributed by atoms with Gasteiger partial charge in [-0.1, -0.05) is 43.3 Å². The summed E-state index contributed by atoms with van der Waals surface area (Å²) in [6.07, 6.45) is 2.61. The van der Waals surface area contributed by atoms with Crippen molar-refractivity contribution in [1.29, 1.82) is 0 Å². The predicted octanol–water partition coefficient (Wildman–Crippen LogP) is 5.20. The van der Waals surface area contributed by atoms with Gasteiger partial charge in [0.05, 0.1) is 12.2 Å². The van der Waals surface area contributed by atoms with Crippen molar-refractivity contribution in [2.75, 3.05) is 0 Å². The number of hydrogen-bond acceptors (Lipinski definition) is 2. The Morgan fingerprint density at radius 3 is 2.44 bits per heavy atom. The summed E-state index contributed by atoms with van der Waals surface area (Å²) in [6, 6.07) is 13.9. The number of nitrogens with one attached hydrogen (secondary N) is 1. The summed E-state index contributed by atoms with van der Waals surface area (Å²) < 4.78 is 16.2. The fraction of sp³-hybridized carbons (Fsp3) is 0.231. The lowest BCUT2D eigenvalue weighted by Gasteiger charge is -2.17. The average molecular weight is 432 g/mol. The van der Waals surface area contributed by atoms with Gasteiger partial charge in [0.25, 0.3) is 5.91 Å². The number of halogens is 1. The van der Waals surface area contributed by atoms with Crippen molar-refractivity contribution in [2.45, 2.75) is 40.7 Å². The Balaban J connectivity index is 1.69. The highest BCUT2D eigenvalue weighted by atomic mass is 19.1. The molecule has 3 aromatic rings. The maximum atomic E-state index is 14.0. The van der Waals surface area contributed by atoms with Crippen LogP contribution in [0.2, 0.25) is 0 Å². The largest absolute Gasteiger partial charge is 0.329 e. The molecule has 3 amide bonds. The normalized spacial score (nSPS) is 15.0. The molecule has 4 rings (SSSR count). The van der Waals surface area contributed by atoms with Gasteiger partial charge in [0, 0.05) is 17.0 Å². The fourth-order valence-corrected chi connectivity index (χ4v) is 4.27. The SMILES string of the molecule is CCc1cccc(C)c1-n1c(C)cc(/C=C2\NC(=O)N(Cc3ccccc3F)C2=O)c1C. The number of imide groups is 1. The number of aromatic nitrogens is 1. The molecule has 0 saturated carbocycles. The lowest BCUT2D eigenvalue weighted by atomic mass is 10.1. The van der Waals surface area contributed by atoms with Crippen LogP contribution in [0.4, 0.5) is 9.18 Å². The number of benzene rings is 2. The van der Waals surface area contributed by atoms with Gasteiger partial charge in [0.15, 0.2) is 0 Å². The number of para-hydroxylation sites is 1. The summed E-state index contributed by atoms with van der Waals surface area (Å²) in [4.78, 5) is 26.4. The molecule has 1 fully saturated rings. The lowest BCUT2D eigenvalue weighted by molar-refractivity contribution is -0.123. The van der Waals surface area contributed by atoms with Gasteiger partial charge in [-0.25, -0.2) is 9.18 Å². The number of carbonyl (C=O) groups is 2. The number of urea groups is 1. The molecular weight excluding hydrogens is 405 g/mol. The Bertz CT molecular complexity index is 1260. The number of aryl methyl sites for hydroxylation is 3. The summed E-state index contributed by atoms with van der Waals surface area (Å²) in [7, 11) is 0. The van der Waals surface area contributed by atoms with E-state index in [-0.39, 0.29) is 12.2 Å². The Morgan fingerprint density at radius 1 is 1.00 bits per heavy atom. The number of hydrogen-bond donors (Lipinski definition) is 1. The molecule has 0 atom stereocenters. The highest BCUT2D eigenvalue weighted by Gasteiger charge is 2.34. The van der Waals surface area contributed by atoms with E-state index in [1.165, 1.54) is 17.2 Å². The van der Waals surface area contributed by atoms with Crippen molar-refractivity contribution >= 4 is 18.0 Å². The third kappa shape index (κ3) is 3.73. The fourth-order valence-electron chi connectivity index (χ4n) is 4.27. The maximum Gasteiger partial charge on any atom is 0.329 e. The molecule has 0 aliphatic carbocycles. The van der Waals surface area contributed by atoms with Crippen LogP contribution in [0.15, 0.2) is 54.2 Å². The van der Waals surface area contributed by atoms with Gasteiger partial charge in [-0.05, 0) is 62.1 Å². The van der Waals surface area contributed by atoms with Crippen LogP contribution in [0.1, 0.15) is 40.6 Å². The van der Waals surface area contributed by atoms with Crippen LogP contribution in [0.3, 0.4) is 0 Å². The molecule has 0 unspecified atom stereocenters. The molecule has 1 aromatic heterocycles. The molecule has 1 N–H and O–H groups in total. The van der Waals surface area contributed by atoms with Crippen molar-refractivity contribution in [3.8, 4) is 5.69 Å². The van der Waals surface area contributed by atoms with E-state index in [1.807, 2.05) is 19.9 Å². The van der Waals surface area contributed by atoms with E-state index in [0.29, 0.717) is 5.56 Å². The van der Waals surface area contributed by atoms with Crippen LogP contribution in [0.5, 0.6) is 0 Å². The molecular formula is C26H26FN3O2. The molecule has 1 aliphatic heterocycles. The molecule has 5 nitrogen and oxygen atoms in total. The molecule has 2 heterocycles. The van der Waals surface area contributed by atoms with E-state index < -0.39 is 17.8 Å². The zero-order chi connectivity index (χ0) is 23.0. The van der Waals surface area contributed by atoms with Crippen molar-refractivity contribution < 1.29 is 14.0 Å². The van der Waals surface area contributed by atoms with E-state index in [1.54, 1.807) is 24.3 Å². The molecule has 164 valence electrons. The monoisotopic (exact) mass is 431 g/mol. The highest BCUT2D eigenvalue weighted by molar-refractivity contribution is 6.14. The summed E-state index contributed by atoms with van der Waals surface area (Å²) in [5, 5.41) is 2.64. The second-order valence-electron chi connectivity index (χ2n) is 8.07. The van der Waals surface area contributed by atoms with E-state index >= 15 is 0 Å². The second kappa shape index (κ2) is 8.46. The van der Waals surface area contributed by atoms with Crippen LogP contribution in [-0.4, -0.2) is 21.4 Å². The summed E-state index contributed by atoms with van der Waals surface area (Å²) in [6.45, 7) is 8.14. The van der Waals surface area contributed by atoms with Crippen molar-refractivity contribution in [3.63, 3.8) is 0 Å². The minimum atomic E-state index is -0.550. The van der Waals surface area contributed by atoms with Crippen LogP contribution >= 0.6 is 0 Å². The smallest absolute Gasteiger partial charge is 0.317 e. The van der Waals surface area contributed by atoms with Crippen LogP contribution in [0.25, 0.3) is 11.8 Å². The zero-order valence-corrected chi connectivity index (χ0v) is 18.7. The highest BCUT2D eigenvalue weighted by Crippen LogP contribution is 2.28. The van der Waals surface area contributed by atoms with E-state index in [2.05, 4.69) is 41.9 Å². The average Bonchev–Trinajstić information content (AvgIpc) is 3.19. The number of rotatable bonds is 5. The molecule has 0 bridgehead atoms. The van der Waals surface area contributed by atoms with E-state index in [0.717, 1.165) is 34.0 Å². The van der Waals surface area contributed by atoms with Gasteiger partial charge in [0.2, 0.25) is 0 Å². The van der Waals surface area contributed by atoms with Gasteiger partial charge in [0.1, 0.15) is 11.5 Å². The van der Waals surface area contributed by atoms with Crippen LogP contribution in [-0.2, 0) is 17.8 Å². The predicted molar refractivity (Wildman–Crippen MR) is 123 cm³/mol. The van der Waals surface area contributed by atoms with Crippen molar-refractivity contribution in [2.24, 2.45) is 0 Å². The van der Waals surface area contributed by atoms with Gasteiger partial charge in [-0.3, -0.25) is 9.69 Å². The van der Waals surface area contributed by atoms with Crippen LogP contribution < -0.4 is 5.32 Å². The van der Waals surface area contributed by atoms with Gasteiger partial charge >= 0.3 is 6.03 Å². The van der Waals surface area contributed by atoms with Gasteiger partial charge in [-0.2, -0.15) is 0 Å². The zero-order valence-electron chi connectivity index (χ0n) is 18.7. The number of amides is 3. The first-order valence-electron chi connectivity index (χ1n) is 10.7. The Morgan fingerprint density at radius 2 is 1.72 bits per heavy atom. The minimum absolute atomic E-state index is 0.114. The minimum Gasteiger partial charge on any atom is -0.317 e. The van der Waals surface area contributed by atoms with E-state index in [4.69, 9.17) is 0 Å². The van der Waals surface area contributed by atoms with Gasteiger partial charge < -0.3 is 9.88 Å². The number of carbonyl (C=O) groups excluding carboxylic acids is 2. The molecule has 2 aromatic carbocycles. The first-order valence-corrected chi connectivity index (χ1v) is 10.7. The second-order valence-corrected chi connectivity index (χ2v) is 8.07. The van der Waals surface area contributed by atoms with Crippen molar-refractivity contribution in [1.82, 2.24) is 14.8 Å². The first kappa shape index (κ1) is 21.6. The molecule has 0 radical (unpaired) electrons.